The van der Waals surface area contributed by atoms with E-state index in [1.165, 1.54) is 65.0 Å². The minimum atomic E-state index is 0.801. The Labute approximate surface area is 107 Å². The van der Waals surface area contributed by atoms with Crippen molar-refractivity contribution in [3.63, 3.8) is 0 Å². The normalized spacial score (nSPS) is 32.1. The van der Waals surface area contributed by atoms with Crippen LogP contribution < -0.4 is 5.32 Å². The molecule has 2 rings (SSSR count). The minimum Gasteiger partial charge on any atom is -0.314 e. The Kier molecular flexibility index (Phi) is 5.26. The van der Waals surface area contributed by atoms with E-state index in [0.29, 0.717) is 0 Å². The average Bonchev–Trinajstić information content (AvgIpc) is 2.77. The molecule has 1 aliphatic heterocycles. The summed E-state index contributed by atoms with van der Waals surface area (Å²) in [4.78, 5) is 5.12. The van der Waals surface area contributed by atoms with E-state index in [0.717, 1.165) is 12.0 Å². The second kappa shape index (κ2) is 6.72. The van der Waals surface area contributed by atoms with Gasteiger partial charge in [0.25, 0.3) is 0 Å². The lowest BCUT2D eigenvalue weighted by atomic mass is 10.0. The third-order valence-electron chi connectivity index (χ3n) is 4.40. The first-order valence-electron chi connectivity index (χ1n) is 7.44. The van der Waals surface area contributed by atoms with Crippen LogP contribution in [-0.2, 0) is 0 Å². The van der Waals surface area contributed by atoms with Crippen molar-refractivity contribution in [1.82, 2.24) is 15.1 Å². The SMILES string of the molecule is CCCNC1CCCC1CN1CCN(C)CC1. The zero-order valence-electron chi connectivity index (χ0n) is 11.6. The average molecular weight is 239 g/mol. The van der Waals surface area contributed by atoms with Gasteiger partial charge in [-0.3, -0.25) is 0 Å². The third kappa shape index (κ3) is 3.94. The van der Waals surface area contributed by atoms with Crippen LogP contribution in [0, 0.1) is 5.92 Å². The summed E-state index contributed by atoms with van der Waals surface area (Å²) in [6, 6.07) is 0.801. The molecular formula is C14H29N3. The highest BCUT2D eigenvalue weighted by Gasteiger charge is 2.28. The predicted molar refractivity (Wildman–Crippen MR) is 73.4 cm³/mol. The van der Waals surface area contributed by atoms with Crippen LogP contribution in [0.25, 0.3) is 0 Å². The minimum absolute atomic E-state index is 0.801. The highest BCUT2D eigenvalue weighted by molar-refractivity contribution is 4.86. The maximum atomic E-state index is 3.74. The summed E-state index contributed by atoms with van der Waals surface area (Å²) in [5.41, 5.74) is 0. The van der Waals surface area contributed by atoms with Gasteiger partial charge in [0.1, 0.15) is 0 Å². The zero-order chi connectivity index (χ0) is 12.1. The van der Waals surface area contributed by atoms with Crippen LogP contribution in [0.2, 0.25) is 0 Å². The van der Waals surface area contributed by atoms with Gasteiger partial charge in [0, 0.05) is 38.8 Å². The molecule has 0 aromatic rings. The van der Waals surface area contributed by atoms with E-state index in [1.807, 2.05) is 0 Å². The van der Waals surface area contributed by atoms with Crippen molar-refractivity contribution in [1.29, 1.82) is 0 Å². The molecule has 2 fully saturated rings. The van der Waals surface area contributed by atoms with Crippen LogP contribution >= 0.6 is 0 Å². The molecule has 100 valence electrons. The van der Waals surface area contributed by atoms with Gasteiger partial charge in [-0.05, 0) is 38.8 Å². The van der Waals surface area contributed by atoms with E-state index in [2.05, 4.69) is 29.1 Å². The van der Waals surface area contributed by atoms with Crippen LogP contribution in [0.4, 0.5) is 0 Å². The standard InChI is InChI=1S/C14H29N3/c1-3-7-15-14-6-4-5-13(14)12-17-10-8-16(2)9-11-17/h13-15H,3-12H2,1-2H3. The second-order valence-corrected chi connectivity index (χ2v) is 5.86. The highest BCUT2D eigenvalue weighted by atomic mass is 15.2. The number of hydrogen-bond acceptors (Lipinski definition) is 3. The Hall–Kier alpha value is -0.120. The number of nitrogens with zero attached hydrogens (tertiary/aromatic N) is 2. The molecule has 2 aliphatic rings. The van der Waals surface area contributed by atoms with Crippen LogP contribution in [0.3, 0.4) is 0 Å². The molecule has 1 N–H and O–H groups in total. The van der Waals surface area contributed by atoms with Gasteiger partial charge < -0.3 is 15.1 Å². The number of likely N-dealkylation sites (N-methyl/N-ethyl adjacent to an activating group) is 1. The Balaban J connectivity index is 1.73. The summed E-state index contributed by atoms with van der Waals surface area (Å²) >= 11 is 0. The largest absolute Gasteiger partial charge is 0.314 e. The molecular weight excluding hydrogens is 210 g/mol. The summed E-state index contributed by atoms with van der Waals surface area (Å²) in [7, 11) is 2.23. The van der Waals surface area contributed by atoms with E-state index < -0.39 is 0 Å². The molecule has 0 aromatic carbocycles. The first-order chi connectivity index (χ1) is 8.29. The smallest absolute Gasteiger partial charge is 0.0110 e. The monoisotopic (exact) mass is 239 g/mol. The van der Waals surface area contributed by atoms with Crippen LogP contribution in [0.15, 0.2) is 0 Å². The third-order valence-corrected chi connectivity index (χ3v) is 4.40. The van der Waals surface area contributed by atoms with Gasteiger partial charge in [0.2, 0.25) is 0 Å². The molecule has 0 radical (unpaired) electrons. The lowest BCUT2D eigenvalue weighted by molar-refractivity contribution is 0.130. The summed E-state index contributed by atoms with van der Waals surface area (Å²) in [5, 5.41) is 3.74. The molecule has 2 unspecified atom stereocenters. The number of rotatable bonds is 5. The lowest BCUT2D eigenvalue weighted by Crippen LogP contribution is -2.48. The topological polar surface area (TPSA) is 18.5 Å². The first-order valence-corrected chi connectivity index (χ1v) is 7.44. The fourth-order valence-electron chi connectivity index (χ4n) is 3.22. The van der Waals surface area contributed by atoms with E-state index in [9.17, 15) is 0 Å². The van der Waals surface area contributed by atoms with Gasteiger partial charge in [-0.25, -0.2) is 0 Å². The van der Waals surface area contributed by atoms with Crippen molar-refractivity contribution in [2.45, 2.75) is 38.6 Å². The van der Waals surface area contributed by atoms with Crippen LogP contribution in [0.1, 0.15) is 32.6 Å². The molecule has 0 bridgehead atoms. The van der Waals surface area contributed by atoms with Crippen molar-refractivity contribution < 1.29 is 0 Å². The maximum absolute atomic E-state index is 3.74. The summed E-state index contributed by atoms with van der Waals surface area (Å²) in [6.07, 6.45) is 5.53. The summed E-state index contributed by atoms with van der Waals surface area (Å²) < 4.78 is 0. The van der Waals surface area contributed by atoms with Crippen molar-refractivity contribution in [2.75, 3.05) is 46.3 Å². The van der Waals surface area contributed by atoms with E-state index in [1.54, 1.807) is 0 Å². The maximum Gasteiger partial charge on any atom is 0.0110 e. The summed E-state index contributed by atoms with van der Waals surface area (Å²) in [6.45, 7) is 9.83. The number of piperazine rings is 1. The van der Waals surface area contributed by atoms with E-state index in [-0.39, 0.29) is 0 Å². The summed E-state index contributed by atoms with van der Waals surface area (Å²) in [5.74, 6) is 0.907. The van der Waals surface area contributed by atoms with E-state index >= 15 is 0 Å². The fourth-order valence-corrected chi connectivity index (χ4v) is 3.22. The Bertz CT molecular complexity index is 212. The zero-order valence-corrected chi connectivity index (χ0v) is 11.6. The molecule has 3 nitrogen and oxygen atoms in total. The quantitative estimate of drug-likeness (QED) is 0.782. The van der Waals surface area contributed by atoms with Crippen molar-refractivity contribution in [2.24, 2.45) is 5.92 Å². The molecule has 0 aromatic heterocycles. The Morgan fingerprint density at radius 3 is 2.59 bits per heavy atom. The van der Waals surface area contributed by atoms with Gasteiger partial charge in [-0.15, -0.1) is 0 Å². The van der Waals surface area contributed by atoms with Gasteiger partial charge in [-0.2, -0.15) is 0 Å². The number of nitrogens with one attached hydrogen (secondary N) is 1. The molecule has 1 saturated heterocycles. The van der Waals surface area contributed by atoms with Crippen molar-refractivity contribution in [3.8, 4) is 0 Å². The van der Waals surface area contributed by atoms with Gasteiger partial charge in [-0.1, -0.05) is 13.3 Å². The molecule has 1 heterocycles. The van der Waals surface area contributed by atoms with Crippen molar-refractivity contribution >= 4 is 0 Å². The second-order valence-electron chi connectivity index (χ2n) is 5.86. The van der Waals surface area contributed by atoms with Crippen molar-refractivity contribution in [3.05, 3.63) is 0 Å². The molecule has 3 heteroatoms. The highest BCUT2D eigenvalue weighted by Crippen LogP contribution is 2.26. The lowest BCUT2D eigenvalue weighted by Gasteiger charge is -2.35. The predicted octanol–water partition coefficient (Wildman–Crippen LogP) is 1.40. The van der Waals surface area contributed by atoms with Gasteiger partial charge >= 0.3 is 0 Å². The molecule has 17 heavy (non-hydrogen) atoms. The molecule has 1 aliphatic carbocycles. The van der Waals surface area contributed by atoms with Gasteiger partial charge in [0.05, 0.1) is 0 Å². The van der Waals surface area contributed by atoms with Crippen LogP contribution in [0.5, 0.6) is 0 Å². The van der Waals surface area contributed by atoms with Crippen LogP contribution in [-0.4, -0.2) is 62.2 Å². The number of hydrogen-bond donors (Lipinski definition) is 1. The Morgan fingerprint density at radius 1 is 1.12 bits per heavy atom. The Morgan fingerprint density at radius 2 is 1.88 bits per heavy atom. The molecule has 1 saturated carbocycles. The molecule has 0 amide bonds. The van der Waals surface area contributed by atoms with Gasteiger partial charge in [0.15, 0.2) is 0 Å². The molecule has 2 atom stereocenters. The van der Waals surface area contributed by atoms with E-state index in [4.69, 9.17) is 0 Å². The fraction of sp³-hybridized carbons (Fsp3) is 1.00. The molecule has 0 spiro atoms. The first kappa shape index (κ1) is 13.3.